The number of anilines is 2. The van der Waals surface area contributed by atoms with Crippen LogP contribution in [0.25, 0.3) is 16.4 Å². The van der Waals surface area contributed by atoms with Crippen LogP contribution >= 0.6 is 0 Å². The monoisotopic (exact) mass is 825 g/mol. The molecule has 61 heavy (non-hydrogen) atoms. The minimum absolute atomic E-state index is 0.114. The van der Waals surface area contributed by atoms with E-state index in [0.717, 1.165) is 74.0 Å². The molecular weight excluding hydrogens is 775 g/mol. The highest BCUT2D eigenvalue weighted by molar-refractivity contribution is 6.05. The predicted octanol–water partition coefficient (Wildman–Crippen LogP) is 4.60. The van der Waals surface area contributed by atoms with Gasteiger partial charge in [-0.2, -0.15) is 15.5 Å². The Morgan fingerprint density at radius 1 is 0.869 bits per heavy atom. The van der Waals surface area contributed by atoms with E-state index >= 15 is 0 Å². The Balaban J connectivity index is 0.763. The Hall–Kier alpha value is -6.31. The van der Waals surface area contributed by atoms with Gasteiger partial charge in [0.2, 0.25) is 11.8 Å². The lowest BCUT2D eigenvalue weighted by atomic mass is 9.90. The molecule has 1 unspecified atom stereocenters. The Morgan fingerprint density at radius 2 is 1.56 bits per heavy atom. The molecule has 3 aromatic heterocycles. The third-order valence-electron chi connectivity index (χ3n) is 13.0. The van der Waals surface area contributed by atoms with Gasteiger partial charge in [0, 0.05) is 93.3 Å². The van der Waals surface area contributed by atoms with Crippen LogP contribution in [0.4, 0.5) is 16.2 Å². The molecule has 1 atom stereocenters. The number of hydrogen-bond donors (Lipinski definition) is 3. The van der Waals surface area contributed by atoms with Crippen molar-refractivity contribution in [1.82, 2.24) is 39.4 Å². The zero-order valence-corrected chi connectivity index (χ0v) is 34.6. The van der Waals surface area contributed by atoms with E-state index < -0.39 is 5.60 Å². The smallest absolute Gasteiger partial charge is 0.320 e. The molecule has 0 spiro atoms. The van der Waals surface area contributed by atoms with E-state index in [9.17, 15) is 29.5 Å². The largest absolute Gasteiger partial charge is 0.386 e. The van der Waals surface area contributed by atoms with Crippen molar-refractivity contribution >= 4 is 51.5 Å². The molecule has 6 heterocycles. The first-order valence-corrected chi connectivity index (χ1v) is 21.3. The minimum atomic E-state index is -1.25. The number of carbonyl (C=O) groups excluding carboxylic acids is 4. The van der Waals surface area contributed by atoms with Crippen LogP contribution in [0.3, 0.4) is 0 Å². The number of aromatic nitrogens is 4. The summed E-state index contributed by atoms with van der Waals surface area (Å²) in [6, 6.07) is 19.7. The SMILES string of the molecule is CC(C)(O)c1cc2nn(C3CCC(N4CCN(C(=O)N5CCN(c6ccc(C7CCC(=O)NC7=O)cc6)CC5)CC4)CC3)cc2cc1NC(=O)c1ccc2cc(C#N)cnn12. The summed E-state index contributed by atoms with van der Waals surface area (Å²) < 4.78 is 3.54. The Labute approximate surface area is 353 Å². The zero-order valence-electron chi connectivity index (χ0n) is 34.6. The number of piperidine rings is 1. The second-order valence-corrected chi connectivity index (χ2v) is 17.3. The van der Waals surface area contributed by atoms with Gasteiger partial charge >= 0.3 is 6.03 Å². The summed E-state index contributed by atoms with van der Waals surface area (Å²) in [5.74, 6) is -1.12. The minimum Gasteiger partial charge on any atom is -0.386 e. The molecule has 4 fully saturated rings. The van der Waals surface area contributed by atoms with Gasteiger partial charge in [-0.05, 0) is 94.0 Å². The van der Waals surface area contributed by atoms with Crippen molar-refractivity contribution in [2.45, 2.75) is 76.0 Å². The lowest BCUT2D eigenvalue weighted by Gasteiger charge is -2.44. The quantitative estimate of drug-likeness (QED) is 0.196. The molecule has 9 rings (SSSR count). The second-order valence-electron chi connectivity index (χ2n) is 17.3. The number of nitrogens with zero attached hydrogens (tertiary/aromatic N) is 9. The van der Waals surface area contributed by atoms with Crippen LogP contribution in [-0.4, -0.2) is 121 Å². The van der Waals surface area contributed by atoms with Crippen LogP contribution in [0.5, 0.6) is 0 Å². The maximum atomic E-state index is 13.6. The van der Waals surface area contributed by atoms with Crippen molar-refractivity contribution in [1.29, 1.82) is 5.26 Å². The predicted molar refractivity (Wildman–Crippen MR) is 228 cm³/mol. The summed E-state index contributed by atoms with van der Waals surface area (Å²) in [5.41, 5.74) is 3.89. The zero-order chi connectivity index (χ0) is 42.4. The number of piperazine rings is 2. The Bertz CT molecular complexity index is 2530. The third-order valence-corrected chi connectivity index (χ3v) is 13.0. The molecule has 0 bridgehead atoms. The van der Waals surface area contributed by atoms with Gasteiger partial charge in [0.15, 0.2) is 0 Å². The van der Waals surface area contributed by atoms with Crippen molar-refractivity contribution in [2.75, 3.05) is 62.6 Å². The summed E-state index contributed by atoms with van der Waals surface area (Å²) in [5, 5.41) is 35.9. The molecule has 3 aliphatic heterocycles. The molecule has 3 N–H and O–H groups in total. The van der Waals surface area contributed by atoms with Gasteiger partial charge in [-0.3, -0.25) is 29.3 Å². The molecule has 2 aromatic carbocycles. The number of nitrogens with one attached hydrogen (secondary N) is 2. The van der Waals surface area contributed by atoms with Crippen LogP contribution < -0.4 is 15.5 Å². The normalized spacial score (nSPS) is 21.7. The summed E-state index contributed by atoms with van der Waals surface area (Å²) in [7, 11) is 0. The summed E-state index contributed by atoms with van der Waals surface area (Å²) in [6.45, 7) is 9.32. The Morgan fingerprint density at radius 3 is 2.23 bits per heavy atom. The average Bonchev–Trinajstić information content (AvgIpc) is 3.90. The lowest BCUT2D eigenvalue weighted by Crippen LogP contribution is -2.58. The number of rotatable bonds is 7. The molecule has 3 saturated heterocycles. The van der Waals surface area contributed by atoms with Crippen molar-refractivity contribution in [3.8, 4) is 6.07 Å². The molecule has 16 nitrogen and oxygen atoms in total. The molecule has 5 amide bonds. The number of imide groups is 1. The molecular formula is C45H51N11O5. The summed E-state index contributed by atoms with van der Waals surface area (Å²) in [4.78, 5) is 59.8. The second kappa shape index (κ2) is 16.3. The highest BCUT2D eigenvalue weighted by Crippen LogP contribution is 2.36. The first kappa shape index (κ1) is 40.1. The fourth-order valence-corrected chi connectivity index (χ4v) is 9.56. The number of fused-ring (bicyclic) bond motifs is 2. The number of benzene rings is 2. The van der Waals surface area contributed by atoms with E-state index in [2.05, 4.69) is 31.6 Å². The third kappa shape index (κ3) is 8.15. The van der Waals surface area contributed by atoms with E-state index in [1.807, 2.05) is 57.1 Å². The first-order chi connectivity index (χ1) is 29.4. The topological polar surface area (TPSA) is 184 Å². The maximum Gasteiger partial charge on any atom is 0.320 e. The molecule has 0 radical (unpaired) electrons. The molecule has 1 saturated carbocycles. The van der Waals surface area contributed by atoms with E-state index in [-0.39, 0.29) is 35.7 Å². The van der Waals surface area contributed by atoms with E-state index in [1.165, 1.54) is 10.7 Å². The van der Waals surface area contributed by atoms with Crippen molar-refractivity contribution in [3.63, 3.8) is 0 Å². The fraction of sp³-hybridized carbons (Fsp3) is 0.444. The van der Waals surface area contributed by atoms with Crippen LogP contribution in [-0.2, 0) is 15.2 Å². The average molecular weight is 826 g/mol. The fourth-order valence-electron chi connectivity index (χ4n) is 9.56. The van der Waals surface area contributed by atoms with Gasteiger partial charge in [0.25, 0.3) is 5.91 Å². The molecule has 4 aliphatic rings. The number of aliphatic hydroxyl groups is 1. The van der Waals surface area contributed by atoms with Gasteiger partial charge in [-0.1, -0.05) is 12.1 Å². The van der Waals surface area contributed by atoms with Crippen LogP contribution in [0.15, 0.2) is 67.0 Å². The first-order valence-electron chi connectivity index (χ1n) is 21.3. The number of urea groups is 1. The maximum absolute atomic E-state index is 13.6. The van der Waals surface area contributed by atoms with E-state index in [4.69, 9.17) is 5.10 Å². The van der Waals surface area contributed by atoms with Crippen molar-refractivity contribution in [2.24, 2.45) is 0 Å². The van der Waals surface area contributed by atoms with Gasteiger partial charge in [-0.15, -0.1) is 0 Å². The van der Waals surface area contributed by atoms with Crippen molar-refractivity contribution in [3.05, 3.63) is 89.4 Å². The van der Waals surface area contributed by atoms with Crippen LogP contribution in [0.1, 0.15) is 91.5 Å². The van der Waals surface area contributed by atoms with E-state index in [1.54, 1.807) is 32.0 Å². The number of carbonyl (C=O) groups is 4. The van der Waals surface area contributed by atoms with E-state index in [0.29, 0.717) is 73.1 Å². The Kier molecular flexibility index (Phi) is 10.7. The number of nitriles is 1. The van der Waals surface area contributed by atoms with Gasteiger partial charge in [0.05, 0.1) is 40.4 Å². The van der Waals surface area contributed by atoms with Crippen LogP contribution in [0.2, 0.25) is 0 Å². The summed E-state index contributed by atoms with van der Waals surface area (Å²) >= 11 is 0. The number of hydrogen-bond acceptors (Lipinski definition) is 10. The van der Waals surface area contributed by atoms with Gasteiger partial charge < -0.3 is 25.1 Å². The van der Waals surface area contributed by atoms with Crippen molar-refractivity contribution < 1.29 is 24.3 Å². The molecule has 316 valence electrons. The summed E-state index contributed by atoms with van der Waals surface area (Å²) in [6.07, 6.45) is 8.38. The molecule has 1 aliphatic carbocycles. The van der Waals surface area contributed by atoms with Crippen LogP contribution in [0, 0.1) is 11.3 Å². The molecule has 16 heteroatoms. The highest BCUT2D eigenvalue weighted by Gasteiger charge is 2.34. The lowest BCUT2D eigenvalue weighted by molar-refractivity contribution is -0.134. The van der Waals surface area contributed by atoms with Gasteiger partial charge in [0.1, 0.15) is 11.8 Å². The number of amides is 5. The highest BCUT2D eigenvalue weighted by atomic mass is 16.3. The standard InChI is InChI=1S/C45H51N11O5/c1-45(2,61)37-25-38-31(24-39(37)48-43(59)40-13-11-35-23-29(26-46)27-47-56(35)40)28-55(50-38)34-9-7-33(8-10-34)52-17-21-54(22-18-52)44(60)53-19-15-51(16-20-53)32-5-3-30(4-6-32)36-12-14-41(57)49-42(36)58/h3-6,11,13,23-25,27-28,33-34,36,61H,7-10,12,14-22H2,1-2H3,(H,48,59)(H,49,57,58). The molecule has 5 aromatic rings. The van der Waals surface area contributed by atoms with Gasteiger partial charge in [-0.25, -0.2) is 9.31 Å².